The van der Waals surface area contributed by atoms with Crippen molar-refractivity contribution in [1.29, 1.82) is 0 Å². The zero-order valence-electron chi connectivity index (χ0n) is 10.8. The molecule has 1 aromatic rings. The first-order valence-electron chi connectivity index (χ1n) is 5.88. The van der Waals surface area contributed by atoms with Gasteiger partial charge in [-0.15, -0.1) is 0 Å². The van der Waals surface area contributed by atoms with Gasteiger partial charge in [0.15, 0.2) is 0 Å². The van der Waals surface area contributed by atoms with Crippen molar-refractivity contribution >= 4 is 22.5 Å². The average molecular weight is 256 g/mol. The maximum Gasteiger partial charge on any atom is 0.340 e. The predicted molar refractivity (Wildman–Crippen MR) is 71.0 cm³/mol. The van der Waals surface area contributed by atoms with Gasteiger partial charge in [0, 0.05) is 6.04 Å². The highest BCUT2D eigenvalue weighted by Crippen LogP contribution is 2.25. The van der Waals surface area contributed by atoms with E-state index in [-0.39, 0.29) is 6.04 Å². The first-order chi connectivity index (χ1) is 7.91. The first kappa shape index (κ1) is 14.0. The van der Waals surface area contributed by atoms with Gasteiger partial charge in [-0.1, -0.05) is 13.8 Å². The zero-order valence-corrected chi connectivity index (χ0v) is 11.6. The van der Waals surface area contributed by atoms with E-state index in [1.165, 1.54) is 11.5 Å². The zero-order chi connectivity index (χ0) is 13.0. The van der Waals surface area contributed by atoms with Crippen LogP contribution in [0.4, 0.5) is 5.00 Å². The summed E-state index contributed by atoms with van der Waals surface area (Å²) in [7, 11) is 0. The third-order valence-electron chi connectivity index (χ3n) is 2.63. The van der Waals surface area contributed by atoms with E-state index in [4.69, 9.17) is 5.11 Å². The maximum atomic E-state index is 11.1. The summed E-state index contributed by atoms with van der Waals surface area (Å²) in [5.74, 6) is -0.240. The Labute approximate surface area is 106 Å². The van der Waals surface area contributed by atoms with E-state index in [0.717, 1.165) is 12.8 Å². The number of hydrogen-bond donors (Lipinski definition) is 2. The maximum absolute atomic E-state index is 11.1. The molecule has 0 saturated heterocycles. The van der Waals surface area contributed by atoms with Gasteiger partial charge in [-0.05, 0) is 44.1 Å². The molecular formula is C12H20N2O2S. The highest BCUT2D eigenvalue weighted by atomic mass is 32.1. The van der Waals surface area contributed by atoms with Crippen molar-refractivity contribution in [3.05, 3.63) is 11.3 Å². The number of carboxylic acid groups (broad SMARTS) is 1. The van der Waals surface area contributed by atoms with E-state index in [9.17, 15) is 4.79 Å². The Bertz CT molecular complexity index is 388. The Hall–Kier alpha value is -1.10. The number of hydrogen-bond acceptors (Lipinski definition) is 4. The summed E-state index contributed by atoms with van der Waals surface area (Å²) < 4.78 is 4.08. The van der Waals surface area contributed by atoms with Gasteiger partial charge in [-0.2, -0.15) is 4.37 Å². The molecule has 0 amide bonds. The Kier molecular flexibility index (Phi) is 4.93. The highest BCUT2D eigenvalue weighted by molar-refractivity contribution is 7.10. The number of anilines is 1. The lowest BCUT2D eigenvalue weighted by Gasteiger charge is -2.15. The molecule has 0 aliphatic rings. The lowest BCUT2D eigenvalue weighted by atomic mass is 10.0. The van der Waals surface area contributed by atoms with Gasteiger partial charge in [-0.3, -0.25) is 0 Å². The first-order valence-corrected chi connectivity index (χ1v) is 6.65. The number of carbonyl (C=O) groups is 1. The molecule has 0 aliphatic carbocycles. The minimum atomic E-state index is -0.908. The summed E-state index contributed by atoms with van der Waals surface area (Å²) in [6.07, 6.45) is 2.17. The second-order valence-electron chi connectivity index (χ2n) is 4.79. The predicted octanol–water partition coefficient (Wildman–Crippen LogP) is 3.39. The number of carboxylic acids is 1. The van der Waals surface area contributed by atoms with Gasteiger partial charge in [0.05, 0.1) is 5.69 Å². The van der Waals surface area contributed by atoms with Gasteiger partial charge in [0.1, 0.15) is 10.6 Å². The Morgan fingerprint density at radius 1 is 1.41 bits per heavy atom. The summed E-state index contributed by atoms with van der Waals surface area (Å²) >= 11 is 1.23. The summed E-state index contributed by atoms with van der Waals surface area (Å²) in [4.78, 5) is 11.1. The molecule has 0 fully saturated rings. The van der Waals surface area contributed by atoms with Crippen LogP contribution in [0.25, 0.3) is 0 Å². The van der Waals surface area contributed by atoms with E-state index in [2.05, 4.69) is 30.5 Å². The third-order valence-corrected chi connectivity index (χ3v) is 3.50. The number of nitrogens with zero attached hydrogens (tertiary/aromatic N) is 1. The van der Waals surface area contributed by atoms with Crippen LogP contribution in [0.1, 0.15) is 49.7 Å². The summed E-state index contributed by atoms with van der Waals surface area (Å²) in [6.45, 7) is 8.17. The Morgan fingerprint density at radius 3 is 2.59 bits per heavy atom. The molecule has 1 aromatic heterocycles. The molecule has 0 spiro atoms. The molecule has 1 unspecified atom stereocenters. The molecule has 0 radical (unpaired) electrons. The summed E-state index contributed by atoms with van der Waals surface area (Å²) in [5.41, 5.74) is 0.896. The van der Waals surface area contributed by atoms with Crippen molar-refractivity contribution in [2.24, 2.45) is 5.92 Å². The molecule has 0 aromatic carbocycles. The van der Waals surface area contributed by atoms with Crippen LogP contribution in [0.2, 0.25) is 0 Å². The number of nitrogens with one attached hydrogen (secondary N) is 1. The largest absolute Gasteiger partial charge is 0.478 e. The molecule has 1 atom stereocenters. The smallest absolute Gasteiger partial charge is 0.340 e. The number of rotatable bonds is 6. The number of aromatic nitrogens is 1. The second-order valence-corrected chi connectivity index (χ2v) is 5.57. The number of aromatic carboxylic acids is 1. The Balaban J connectivity index is 2.65. The van der Waals surface area contributed by atoms with Crippen molar-refractivity contribution < 1.29 is 9.90 Å². The standard InChI is InChI=1S/C12H20N2O2S/c1-7(2)5-6-8(3)13-11-10(12(15)16)9(4)14-17-11/h7-8,13H,5-6H2,1-4H3,(H,15,16). The van der Waals surface area contributed by atoms with Crippen molar-refractivity contribution in [3.63, 3.8) is 0 Å². The van der Waals surface area contributed by atoms with Crippen LogP contribution >= 0.6 is 11.5 Å². The van der Waals surface area contributed by atoms with Crippen molar-refractivity contribution in [2.45, 2.75) is 46.6 Å². The lowest BCUT2D eigenvalue weighted by Crippen LogP contribution is -2.17. The van der Waals surface area contributed by atoms with Crippen LogP contribution < -0.4 is 5.32 Å². The van der Waals surface area contributed by atoms with Crippen LogP contribution in [0.5, 0.6) is 0 Å². The van der Waals surface area contributed by atoms with E-state index in [1.807, 2.05) is 0 Å². The normalized spacial score (nSPS) is 12.8. The fourth-order valence-corrected chi connectivity index (χ4v) is 2.50. The van der Waals surface area contributed by atoms with Gasteiger partial charge in [0.25, 0.3) is 0 Å². The minimum absolute atomic E-state index is 0.273. The minimum Gasteiger partial charge on any atom is -0.478 e. The van der Waals surface area contributed by atoms with Crippen LogP contribution in [-0.4, -0.2) is 21.5 Å². The topological polar surface area (TPSA) is 62.2 Å². The molecule has 17 heavy (non-hydrogen) atoms. The molecule has 1 heterocycles. The van der Waals surface area contributed by atoms with E-state index >= 15 is 0 Å². The SMILES string of the molecule is Cc1nsc(NC(C)CCC(C)C)c1C(=O)O. The van der Waals surface area contributed by atoms with Crippen LogP contribution in [-0.2, 0) is 0 Å². The van der Waals surface area contributed by atoms with E-state index in [0.29, 0.717) is 22.2 Å². The molecule has 2 N–H and O–H groups in total. The van der Waals surface area contributed by atoms with Gasteiger partial charge < -0.3 is 10.4 Å². The fraction of sp³-hybridized carbons (Fsp3) is 0.667. The molecular weight excluding hydrogens is 236 g/mol. The monoisotopic (exact) mass is 256 g/mol. The van der Waals surface area contributed by atoms with E-state index < -0.39 is 5.97 Å². The van der Waals surface area contributed by atoms with Crippen LogP contribution in [0, 0.1) is 12.8 Å². The third kappa shape index (κ3) is 4.00. The lowest BCUT2D eigenvalue weighted by molar-refractivity contribution is 0.0697. The average Bonchev–Trinajstić information content (AvgIpc) is 2.56. The van der Waals surface area contributed by atoms with Crippen molar-refractivity contribution in [1.82, 2.24) is 4.37 Å². The fourth-order valence-electron chi connectivity index (χ4n) is 1.60. The quantitative estimate of drug-likeness (QED) is 0.819. The molecule has 0 saturated carbocycles. The summed E-state index contributed by atoms with van der Waals surface area (Å²) in [6, 6.07) is 0.273. The van der Waals surface area contributed by atoms with Gasteiger partial charge >= 0.3 is 5.97 Å². The second kappa shape index (κ2) is 6.00. The highest BCUT2D eigenvalue weighted by Gasteiger charge is 2.18. The molecule has 4 nitrogen and oxygen atoms in total. The van der Waals surface area contributed by atoms with Gasteiger partial charge in [0.2, 0.25) is 0 Å². The van der Waals surface area contributed by atoms with Crippen LogP contribution in [0.3, 0.4) is 0 Å². The van der Waals surface area contributed by atoms with Crippen molar-refractivity contribution in [3.8, 4) is 0 Å². The molecule has 1 rings (SSSR count). The molecule has 5 heteroatoms. The van der Waals surface area contributed by atoms with Crippen molar-refractivity contribution in [2.75, 3.05) is 5.32 Å². The van der Waals surface area contributed by atoms with Crippen LogP contribution in [0.15, 0.2) is 0 Å². The van der Waals surface area contributed by atoms with Gasteiger partial charge in [-0.25, -0.2) is 4.79 Å². The molecule has 0 bridgehead atoms. The molecule has 0 aliphatic heterocycles. The van der Waals surface area contributed by atoms with E-state index in [1.54, 1.807) is 6.92 Å². The number of aryl methyl sites for hydroxylation is 1. The summed E-state index contributed by atoms with van der Waals surface area (Å²) in [5, 5.41) is 13.0. The molecule has 96 valence electrons. The Morgan fingerprint density at radius 2 is 2.06 bits per heavy atom.